The number of benzene rings is 1. The average Bonchev–Trinajstić information content (AvgIpc) is 3.11. The average molecular weight is 363 g/mol. The number of carbonyl (C=O) groups is 1. The van der Waals surface area contributed by atoms with Crippen LogP contribution in [-0.4, -0.2) is 16.8 Å². The molecule has 0 bridgehead atoms. The van der Waals surface area contributed by atoms with E-state index in [1.165, 1.54) is 24.5 Å². The molecule has 1 aliphatic rings. The molecule has 2 aromatic rings. The first-order valence-corrected chi connectivity index (χ1v) is 6.84. The molecule has 0 saturated carbocycles. The van der Waals surface area contributed by atoms with Gasteiger partial charge >= 0.3 is 5.97 Å². The number of cyclic esters (lactones) is 1. The lowest BCUT2D eigenvalue weighted by molar-refractivity contribution is -0.385. The van der Waals surface area contributed by atoms with Crippen LogP contribution in [0.2, 0.25) is 0 Å². The summed E-state index contributed by atoms with van der Waals surface area (Å²) in [5.41, 5.74) is 0.408. The summed E-state index contributed by atoms with van der Waals surface area (Å²) in [5.74, 6) is -0.247. The third kappa shape index (κ3) is 2.68. The Kier molecular flexibility index (Phi) is 3.60. The van der Waals surface area contributed by atoms with E-state index in [-0.39, 0.29) is 17.3 Å². The van der Waals surface area contributed by atoms with E-state index in [9.17, 15) is 14.9 Å². The molecule has 0 spiro atoms. The molecule has 0 fully saturated rings. The molecule has 7 nitrogen and oxygen atoms in total. The number of nitrogens with zero attached hydrogens (tertiary/aromatic N) is 2. The number of carbonyl (C=O) groups excluding carboxylic acids is 1. The van der Waals surface area contributed by atoms with Crippen LogP contribution in [0.1, 0.15) is 11.3 Å². The van der Waals surface area contributed by atoms with Crippen molar-refractivity contribution in [2.24, 2.45) is 4.99 Å². The third-order valence-electron chi connectivity index (χ3n) is 2.82. The van der Waals surface area contributed by atoms with E-state index in [2.05, 4.69) is 20.9 Å². The van der Waals surface area contributed by atoms with Gasteiger partial charge in [0.15, 0.2) is 11.5 Å². The van der Waals surface area contributed by atoms with Crippen LogP contribution in [0.4, 0.5) is 5.69 Å². The van der Waals surface area contributed by atoms with Gasteiger partial charge in [-0.1, -0.05) is 6.07 Å². The maximum Gasteiger partial charge on any atom is 0.363 e. The molecule has 1 aliphatic heterocycles. The summed E-state index contributed by atoms with van der Waals surface area (Å²) in [6, 6.07) is 7.75. The van der Waals surface area contributed by atoms with Crippen LogP contribution in [0.25, 0.3) is 6.08 Å². The predicted octanol–water partition coefficient (Wildman–Crippen LogP) is 3.29. The van der Waals surface area contributed by atoms with E-state index in [0.29, 0.717) is 15.8 Å². The van der Waals surface area contributed by atoms with Gasteiger partial charge < -0.3 is 9.15 Å². The molecule has 2 heterocycles. The lowest BCUT2D eigenvalue weighted by Gasteiger charge is -1.97. The number of hydrogen-bond donors (Lipinski definition) is 0. The van der Waals surface area contributed by atoms with Gasteiger partial charge in [-0.2, -0.15) is 0 Å². The second-order valence-electron chi connectivity index (χ2n) is 4.28. The van der Waals surface area contributed by atoms with E-state index in [0.717, 1.165) is 0 Å². The van der Waals surface area contributed by atoms with Gasteiger partial charge in [0, 0.05) is 6.07 Å². The van der Waals surface area contributed by atoms with Crippen LogP contribution in [0.3, 0.4) is 0 Å². The number of aliphatic imine (C=N–C) groups is 1. The lowest BCUT2D eigenvalue weighted by atomic mass is 10.1. The number of ether oxygens (including phenoxy) is 1. The summed E-state index contributed by atoms with van der Waals surface area (Å²) in [7, 11) is 0. The Balaban J connectivity index is 1.97. The third-order valence-corrected chi connectivity index (χ3v) is 3.49. The summed E-state index contributed by atoms with van der Waals surface area (Å²) in [6.45, 7) is 0. The summed E-state index contributed by atoms with van der Waals surface area (Å²) < 4.78 is 10.5. The normalized spacial score (nSPS) is 15.8. The minimum atomic E-state index is -0.642. The second kappa shape index (κ2) is 5.57. The Morgan fingerprint density at radius 2 is 2.14 bits per heavy atom. The van der Waals surface area contributed by atoms with Crippen molar-refractivity contribution < 1.29 is 18.9 Å². The maximum atomic E-state index is 11.8. The van der Waals surface area contributed by atoms with E-state index < -0.39 is 10.9 Å². The van der Waals surface area contributed by atoms with Gasteiger partial charge in [0.2, 0.25) is 0 Å². The highest BCUT2D eigenvalue weighted by Crippen LogP contribution is 2.27. The molecule has 0 amide bonds. The van der Waals surface area contributed by atoms with Gasteiger partial charge in [-0.3, -0.25) is 10.1 Å². The van der Waals surface area contributed by atoms with Crippen LogP contribution in [0, 0.1) is 10.1 Å². The fourth-order valence-electron chi connectivity index (χ4n) is 1.83. The van der Waals surface area contributed by atoms with Gasteiger partial charge in [0.05, 0.1) is 15.7 Å². The van der Waals surface area contributed by atoms with Crippen LogP contribution in [-0.2, 0) is 9.53 Å². The number of halogens is 1. The quantitative estimate of drug-likeness (QED) is 0.361. The Morgan fingerprint density at radius 3 is 2.82 bits per heavy atom. The zero-order valence-corrected chi connectivity index (χ0v) is 12.4. The van der Waals surface area contributed by atoms with E-state index >= 15 is 0 Å². The molecular weight excluding hydrogens is 356 g/mol. The SMILES string of the molecule is O=C1OC(c2ccco2)=NC1=Cc1ccc(Br)c([N+](=O)[O-])c1. The molecule has 1 aromatic heterocycles. The second-order valence-corrected chi connectivity index (χ2v) is 5.14. The molecule has 0 radical (unpaired) electrons. The monoisotopic (exact) mass is 362 g/mol. The Hall–Kier alpha value is -2.74. The fourth-order valence-corrected chi connectivity index (χ4v) is 2.22. The highest BCUT2D eigenvalue weighted by Gasteiger charge is 2.26. The van der Waals surface area contributed by atoms with Crippen molar-refractivity contribution in [3.63, 3.8) is 0 Å². The maximum absolute atomic E-state index is 11.8. The first kappa shape index (κ1) is 14.2. The highest BCUT2D eigenvalue weighted by molar-refractivity contribution is 9.10. The summed E-state index contributed by atoms with van der Waals surface area (Å²) in [5, 5.41) is 10.9. The van der Waals surface area contributed by atoms with Crippen LogP contribution in [0.5, 0.6) is 0 Å². The van der Waals surface area contributed by atoms with Gasteiger partial charge in [0.1, 0.15) is 0 Å². The van der Waals surface area contributed by atoms with Gasteiger partial charge in [-0.15, -0.1) is 0 Å². The lowest BCUT2D eigenvalue weighted by Crippen LogP contribution is -2.04. The molecule has 110 valence electrons. The molecule has 22 heavy (non-hydrogen) atoms. The standard InChI is InChI=1S/C14H7BrN2O5/c15-9-4-3-8(7-11(9)17(19)20)6-10-14(18)22-13(16-10)12-2-1-5-21-12/h1-7H. The topological polar surface area (TPSA) is 94.9 Å². The minimum Gasteiger partial charge on any atom is -0.459 e. The molecule has 1 aromatic carbocycles. The van der Waals surface area contributed by atoms with E-state index in [1.807, 2.05) is 0 Å². The van der Waals surface area contributed by atoms with E-state index in [1.54, 1.807) is 18.2 Å². The smallest absolute Gasteiger partial charge is 0.363 e. The zero-order chi connectivity index (χ0) is 15.7. The zero-order valence-electron chi connectivity index (χ0n) is 10.9. The predicted molar refractivity (Wildman–Crippen MR) is 80.1 cm³/mol. The van der Waals surface area contributed by atoms with Gasteiger partial charge in [0.25, 0.3) is 11.6 Å². The minimum absolute atomic E-state index is 0.0445. The highest BCUT2D eigenvalue weighted by atomic mass is 79.9. The molecule has 8 heteroatoms. The van der Waals surface area contributed by atoms with Crippen molar-refractivity contribution in [1.82, 2.24) is 0 Å². The van der Waals surface area contributed by atoms with Crippen molar-refractivity contribution in [2.45, 2.75) is 0 Å². The molecular formula is C14H7BrN2O5. The number of hydrogen-bond acceptors (Lipinski definition) is 6. The number of esters is 1. The molecule has 0 aliphatic carbocycles. The van der Waals surface area contributed by atoms with Gasteiger partial charge in [-0.05, 0) is 45.8 Å². The summed E-state index contributed by atoms with van der Waals surface area (Å²) in [6.07, 6.45) is 2.85. The largest absolute Gasteiger partial charge is 0.459 e. The van der Waals surface area contributed by atoms with Gasteiger partial charge in [-0.25, -0.2) is 9.79 Å². The fraction of sp³-hybridized carbons (Fsp3) is 0. The number of nitro groups is 1. The molecule has 0 saturated heterocycles. The van der Waals surface area contributed by atoms with Crippen LogP contribution >= 0.6 is 15.9 Å². The number of rotatable bonds is 3. The summed E-state index contributed by atoms with van der Waals surface area (Å²) >= 11 is 3.10. The molecule has 0 unspecified atom stereocenters. The van der Waals surface area contributed by atoms with Crippen molar-refractivity contribution in [3.05, 3.63) is 68.2 Å². The molecule has 0 atom stereocenters. The van der Waals surface area contributed by atoms with E-state index in [4.69, 9.17) is 9.15 Å². The van der Waals surface area contributed by atoms with Crippen LogP contribution < -0.4 is 0 Å². The first-order valence-electron chi connectivity index (χ1n) is 6.05. The Morgan fingerprint density at radius 1 is 1.32 bits per heavy atom. The Labute approximate surface area is 132 Å². The van der Waals surface area contributed by atoms with Crippen molar-refractivity contribution in [3.8, 4) is 0 Å². The van der Waals surface area contributed by atoms with Crippen molar-refractivity contribution in [2.75, 3.05) is 0 Å². The Bertz CT molecular complexity index is 824. The first-order chi connectivity index (χ1) is 10.5. The molecule has 0 N–H and O–H groups in total. The number of nitro benzene ring substituents is 1. The molecule has 3 rings (SSSR count). The van der Waals surface area contributed by atoms with Crippen LogP contribution in [0.15, 0.2) is 56.2 Å². The van der Waals surface area contributed by atoms with Crippen molar-refractivity contribution in [1.29, 1.82) is 0 Å². The number of furan rings is 1. The van der Waals surface area contributed by atoms with Crippen molar-refractivity contribution >= 4 is 39.6 Å². The summed E-state index contributed by atoms with van der Waals surface area (Å²) in [4.78, 5) is 26.2.